The van der Waals surface area contributed by atoms with Crippen LogP contribution in [0.4, 0.5) is 20.6 Å². The van der Waals surface area contributed by atoms with Crippen LogP contribution in [-0.4, -0.2) is 16.3 Å². The van der Waals surface area contributed by atoms with Gasteiger partial charge in [0.15, 0.2) is 5.52 Å². The Balaban J connectivity index is 1.77. The van der Waals surface area contributed by atoms with Crippen molar-refractivity contribution in [3.8, 4) is 0 Å². The number of carbonyl (C=O) groups excluding carboxylic acids is 1. The lowest BCUT2D eigenvalue weighted by molar-refractivity contribution is 0.262. The summed E-state index contributed by atoms with van der Waals surface area (Å²) in [5, 5.41) is 12.4. The average Bonchev–Trinajstić information content (AvgIpc) is 2.92. The number of aromatic nitrogens is 2. The standard InChI is InChI=1S/C13H8ClFN4O2/c14-8-6-7(4-5-9(8)15)16-13(20)17-10-2-1-3-11-12(10)19-21-18-11/h1-6H,(H2,16,17,20). The molecule has 8 heteroatoms. The third kappa shape index (κ3) is 2.77. The SMILES string of the molecule is O=C(Nc1ccc(F)c(Cl)c1)Nc1cccc2nonc12. The number of halogens is 2. The van der Waals surface area contributed by atoms with E-state index in [9.17, 15) is 9.18 Å². The summed E-state index contributed by atoms with van der Waals surface area (Å²) in [6.45, 7) is 0. The van der Waals surface area contributed by atoms with Gasteiger partial charge in [-0.1, -0.05) is 17.7 Å². The monoisotopic (exact) mass is 306 g/mol. The minimum Gasteiger partial charge on any atom is -0.308 e. The lowest BCUT2D eigenvalue weighted by atomic mass is 10.2. The van der Waals surface area contributed by atoms with Crippen LogP contribution in [0, 0.1) is 5.82 Å². The number of fused-ring (bicyclic) bond motifs is 1. The lowest BCUT2D eigenvalue weighted by Crippen LogP contribution is -2.19. The molecule has 3 rings (SSSR count). The first-order valence-electron chi connectivity index (χ1n) is 5.88. The number of benzene rings is 2. The van der Waals surface area contributed by atoms with Crippen LogP contribution in [0.2, 0.25) is 5.02 Å². The van der Waals surface area contributed by atoms with E-state index in [-0.39, 0.29) is 5.02 Å². The number of hydrogen-bond donors (Lipinski definition) is 2. The van der Waals surface area contributed by atoms with E-state index in [1.54, 1.807) is 18.2 Å². The Labute approximate surface area is 122 Å². The molecule has 106 valence electrons. The summed E-state index contributed by atoms with van der Waals surface area (Å²) in [6.07, 6.45) is 0. The molecule has 0 saturated carbocycles. The average molecular weight is 307 g/mol. The van der Waals surface area contributed by atoms with Gasteiger partial charge in [0, 0.05) is 5.69 Å². The normalized spacial score (nSPS) is 10.6. The van der Waals surface area contributed by atoms with Gasteiger partial charge in [0.2, 0.25) is 0 Å². The van der Waals surface area contributed by atoms with Crippen molar-refractivity contribution in [2.45, 2.75) is 0 Å². The molecule has 21 heavy (non-hydrogen) atoms. The van der Waals surface area contributed by atoms with E-state index in [0.29, 0.717) is 22.4 Å². The van der Waals surface area contributed by atoms with Crippen LogP contribution < -0.4 is 10.6 Å². The molecule has 0 aliphatic carbocycles. The topological polar surface area (TPSA) is 80.0 Å². The maximum atomic E-state index is 13.0. The van der Waals surface area contributed by atoms with Gasteiger partial charge in [0.25, 0.3) is 0 Å². The lowest BCUT2D eigenvalue weighted by Gasteiger charge is -2.08. The van der Waals surface area contributed by atoms with Crippen molar-refractivity contribution in [1.82, 2.24) is 10.3 Å². The Kier molecular flexibility index (Phi) is 3.41. The van der Waals surface area contributed by atoms with Crippen molar-refractivity contribution in [2.75, 3.05) is 10.6 Å². The highest BCUT2D eigenvalue weighted by Crippen LogP contribution is 2.21. The van der Waals surface area contributed by atoms with Gasteiger partial charge in [-0.3, -0.25) is 0 Å². The molecule has 6 nitrogen and oxygen atoms in total. The summed E-state index contributed by atoms with van der Waals surface area (Å²) in [6, 6.07) is 8.43. The summed E-state index contributed by atoms with van der Waals surface area (Å²) >= 11 is 5.64. The number of rotatable bonds is 2. The van der Waals surface area contributed by atoms with Crippen molar-refractivity contribution in [2.24, 2.45) is 0 Å². The molecule has 0 aliphatic heterocycles. The quantitative estimate of drug-likeness (QED) is 0.757. The first kappa shape index (κ1) is 13.3. The molecular formula is C13H8ClFN4O2. The van der Waals surface area contributed by atoms with Gasteiger partial charge in [-0.25, -0.2) is 13.8 Å². The third-order valence-electron chi connectivity index (χ3n) is 2.71. The highest BCUT2D eigenvalue weighted by molar-refractivity contribution is 6.31. The van der Waals surface area contributed by atoms with E-state index in [1.807, 2.05) is 0 Å². The molecule has 0 atom stereocenters. The molecule has 1 aromatic heterocycles. The van der Waals surface area contributed by atoms with Crippen LogP contribution >= 0.6 is 11.6 Å². The number of amides is 2. The van der Waals surface area contributed by atoms with E-state index < -0.39 is 11.8 Å². The van der Waals surface area contributed by atoms with Crippen LogP contribution in [0.3, 0.4) is 0 Å². The Bertz CT molecular complexity index is 821. The van der Waals surface area contributed by atoms with E-state index >= 15 is 0 Å². The van der Waals surface area contributed by atoms with Gasteiger partial charge in [-0.05, 0) is 40.6 Å². The van der Waals surface area contributed by atoms with Gasteiger partial charge < -0.3 is 10.6 Å². The molecule has 0 unspecified atom stereocenters. The minimum absolute atomic E-state index is 0.0735. The summed E-state index contributed by atoms with van der Waals surface area (Å²) < 4.78 is 17.6. The minimum atomic E-state index is -0.555. The molecule has 2 aromatic carbocycles. The fraction of sp³-hybridized carbons (Fsp3) is 0. The number of nitrogens with zero attached hydrogens (tertiary/aromatic N) is 2. The van der Waals surface area contributed by atoms with E-state index in [2.05, 4.69) is 25.6 Å². The Hall–Kier alpha value is -2.67. The molecule has 0 aliphatic rings. The molecule has 3 aromatic rings. The highest BCUT2D eigenvalue weighted by Gasteiger charge is 2.10. The van der Waals surface area contributed by atoms with Crippen LogP contribution in [0.25, 0.3) is 11.0 Å². The molecule has 0 spiro atoms. The van der Waals surface area contributed by atoms with Crippen LogP contribution in [0.5, 0.6) is 0 Å². The Morgan fingerprint density at radius 1 is 1.19 bits per heavy atom. The summed E-state index contributed by atoms with van der Waals surface area (Å²) in [4.78, 5) is 11.9. The van der Waals surface area contributed by atoms with E-state index in [0.717, 1.165) is 0 Å². The fourth-order valence-corrected chi connectivity index (χ4v) is 1.95. The zero-order valence-electron chi connectivity index (χ0n) is 10.4. The molecule has 0 saturated heterocycles. The number of nitrogens with one attached hydrogen (secondary N) is 2. The van der Waals surface area contributed by atoms with E-state index in [1.165, 1.54) is 18.2 Å². The molecule has 0 fully saturated rings. The van der Waals surface area contributed by atoms with Crippen LogP contribution in [0.1, 0.15) is 0 Å². The van der Waals surface area contributed by atoms with Crippen LogP contribution in [-0.2, 0) is 0 Å². The first-order chi connectivity index (χ1) is 10.1. The van der Waals surface area contributed by atoms with Crippen molar-refractivity contribution < 1.29 is 13.8 Å². The smallest absolute Gasteiger partial charge is 0.308 e. The second-order valence-electron chi connectivity index (χ2n) is 4.15. The third-order valence-corrected chi connectivity index (χ3v) is 3.00. The van der Waals surface area contributed by atoms with Gasteiger partial charge in [0.05, 0.1) is 10.7 Å². The molecule has 2 amide bonds. The van der Waals surface area contributed by atoms with Gasteiger partial charge in [-0.2, -0.15) is 0 Å². The fourth-order valence-electron chi connectivity index (χ4n) is 1.77. The van der Waals surface area contributed by atoms with Gasteiger partial charge in [-0.15, -0.1) is 0 Å². The van der Waals surface area contributed by atoms with Crippen molar-refractivity contribution in [1.29, 1.82) is 0 Å². The molecule has 1 heterocycles. The number of urea groups is 1. The molecular weight excluding hydrogens is 299 g/mol. The summed E-state index contributed by atoms with van der Waals surface area (Å²) in [5.74, 6) is -0.555. The second kappa shape index (κ2) is 5.37. The Morgan fingerprint density at radius 2 is 2.05 bits per heavy atom. The zero-order valence-corrected chi connectivity index (χ0v) is 11.2. The number of hydrogen-bond acceptors (Lipinski definition) is 4. The van der Waals surface area contributed by atoms with Gasteiger partial charge >= 0.3 is 6.03 Å². The predicted molar refractivity (Wildman–Crippen MR) is 75.9 cm³/mol. The maximum absolute atomic E-state index is 13.0. The number of carbonyl (C=O) groups is 1. The van der Waals surface area contributed by atoms with Gasteiger partial charge in [0.1, 0.15) is 11.3 Å². The number of anilines is 2. The summed E-state index contributed by atoms with van der Waals surface area (Å²) in [7, 11) is 0. The van der Waals surface area contributed by atoms with Crippen LogP contribution in [0.15, 0.2) is 41.0 Å². The zero-order chi connectivity index (χ0) is 14.8. The highest BCUT2D eigenvalue weighted by atomic mass is 35.5. The predicted octanol–water partition coefficient (Wildman–Crippen LogP) is 3.66. The Morgan fingerprint density at radius 3 is 2.86 bits per heavy atom. The molecule has 0 bridgehead atoms. The van der Waals surface area contributed by atoms with Crippen molar-refractivity contribution in [3.63, 3.8) is 0 Å². The largest absolute Gasteiger partial charge is 0.323 e. The second-order valence-corrected chi connectivity index (χ2v) is 4.55. The first-order valence-corrected chi connectivity index (χ1v) is 6.25. The maximum Gasteiger partial charge on any atom is 0.323 e. The molecule has 2 N–H and O–H groups in total. The van der Waals surface area contributed by atoms with E-state index in [4.69, 9.17) is 11.6 Å². The van der Waals surface area contributed by atoms with Crippen molar-refractivity contribution >= 4 is 40.0 Å². The van der Waals surface area contributed by atoms with Crippen molar-refractivity contribution in [3.05, 3.63) is 47.2 Å². The summed E-state index contributed by atoms with van der Waals surface area (Å²) in [5.41, 5.74) is 1.77. The molecule has 0 radical (unpaired) electrons.